The van der Waals surface area contributed by atoms with Crippen molar-refractivity contribution in [3.8, 4) is 0 Å². The number of hydrogen-bond donors (Lipinski definition) is 1. The summed E-state index contributed by atoms with van der Waals surface area (Å²) in [6.07, 6.45) is 0. The van der Waals surface area contributed by atoms with Crippen molar-refractivity contribution in [3.63, 3.8) is 0 Å². The van der Waals surface area contributed by atoms with E-state index in [1.807, 2.05) is 31.2 Å². The number of carbonyl (C=O) groups is 1. The standard InChI is InChI=1S/C15H16ClNO3/c1-3-17-14(10-6-4-5-7-11(10)16)12-8-9-13(20-12)15(18)19-2/h4-9,14,17H,3H2,1-2H3. The molecule has 2 aromatic rings. The first-order valence-electron chi connectivity index (χ1n) is 6.33. The highest BCUT2D eigenvalue weighted by atomic mass is 35.5. The van der Waals surface area contributed by atoms with Gasteiger partial charge in [0.1, 0.15) is 5.76 Å². The van der Waals surface area contributed by atoms with Gasteiger partial charge in [0.15, 0.2) is 0 Å². The van der Waals surface area contributed by atoms with E-state index in [0.29, 0.717) is 10.8 Å². The minimum absolute atomic E-state index is 0.178. The van der Waals surface area contributed by atoms with Crippen LogP contribution >= 0.6 is 11.6 Å². The maximum Gasteiger partial charge on any atom is 0.373 e. The van der Waals surface area contributed by atoms with Gasteiger partial charge in [-0.1, -0.05) is 36.7 Å². The average molecular weight is 294 g/mol. The number of rotatable bonds is 5. The van der Waals surface area contributed by atoms with E-state index in [9.17, 15) is 4.79 Å². The molecule has 4 nitrogen and oxygen atoms in total. The van der Waals surface area contributed by atoms with Gasteiger partial charge in [0, 0.05) is 5.02 Å². The number of ether oxygens (including phenoxy) is 1. The third-order valence-electron chi connectivity index (χ3n) is 2.92. The van der Waals surface area contributed by atoms with Crippen molar-refractivity contribution in [2.45, 2.75) is 13.0 Å². The van der Waals surface area contributed by atoms with Crippen LogP contribution in [0.5, 0.6) is 0 Å². The lowest BCUT2D eigenvalue weighted by Crippen LogP contribution is -2.21. The summed E-state index contributed by atoms with van der Waals surface area (Å²) in [6, 6.07) is 10.7. The Bertz CT molecular complexity index is 594. The Morgan fingerprint density at radius 2 is 2.10 bits per heavy atom. The Kier molecular flexibility index (Phi) is 4.82. The van der Waals surface area contributed by atoms with Crippen molar-refractivity contribution >= 4 is 17.6 Å². The molecule has 1 N–H and O–H groups in total. The van der Waals surface area contributed by atoms with Crippen LogP contribution in [-0.4, -0.2) is 19.6 Å². The van der Waals surface area contributed by atoms with Crippen LogP contribution in [0.15, 0.2) is 40.8 Å². The fraction of sp³-hybridized carbons (Fsp3) is 0.267. The van der Waals surface area contributed by atoms with Gasteiger partial charge in [0.25, 0.3) is 0 Å². The van der Waals surface area contributed by atoms with E-state index >= 15 is 0 Å². The molecule has 0 spiro atoms. The second-order valence-corrected chi connectivity index (χ2v) is 4.61. The first-order chi connectivity index (χ1) is 9.67. The second kappa shape index (κ2) is 6.59. The molecule has 0 bridgehead atoms. The molecule has 0 aliphatic carbocycles. The minimum Gasteiger partial charge on any atom is -0.463 e. The maximum absolute atomic E-state index is 11.4. The summed E-state index contributed by atoms with van der Waals surface area (Å²) in [6.45, 7) is 2.73. The average Bonchev–Trinajstić information content (AvgIpc) is 2.94. The van der Waals surface area contributed by atoms with Crippen molar-refractivity contribution in [2.75, 3.05) is 13.7 Å². The molecular formula is C15H16ClNO3. The van der Waals surface area contributed by atoms with Gasteiger partial charge in [0.2, 0.25) is 5.76 Å². The third-order valence-corrected chi connectivity index (χ3v) is 3.27. The van der Waals surface area contributed by atoms with E-state index in [1.54, 1.807) is 12.1 Å². The molecule has 1 atom stereocenters. The fourth-order valence-corrected chi connectivity index (χ4v) is 2.24. The zero-order valence-electron chi connectivity index (χ0n) is 11.4. The number of methoxy groups -OCH3 is 1. The van der Waals surface area contributed by atoms with Gasteiger partial charge in [-0.05, 0) is 30.3 Å². The largest absolute Gasteiger partial charge is 0.463 e. The van der Waals surface area contributed by atoms with E-state index < -0.39 is 5.97 Å². The monoisotopic (exact) mass is 293 g/mol. The number of esters is 1. The van der Waals surface area contributed by atoms with Gasteiger partial charge in [0.05, 0.1) is 13.2 Å². The molecule has 0 radical (unpaired) electrons. The smallest absolute Gasteiger partial charge is 0.373 e. The number of benzene rings is 1. The minimum atomic E-state index is -0.495. The summed E-state index contributed by atoms with van der Waals surface area (Å²) >= 11 is 6.23. The SMILES string of the molecule is CCNC(c1ccc(C(=O)OC)o1)c1ccccc1Cl. The van der Waals surface area contributed by atoms with Crippen LogP contribution in [0, 0.1) is 0 Å². The van der Waals surface area contributed by atoms with Gasteiger partial charge in [-0.3, -0.25) is 0 Å². The van der Waals surface area contributed by atoms with Gasteiger partial charge in [-0.2, -0.15) is 0 Å². The van der Waals surface area contributed by atoms with E-state index in [0.717, 1.165) is 12.1 Å². The van der Waals surface area contributed by atoms with E-state index in [2.05, 4.69) is 10.1 Å². The van der Waals surface area contributed by atoms with Crippen molar-refractivity contribution in [1.82, 2.24) is 5.32 Å². The molecule has 1 unspecified atom stereocenters. The predicted molar refractivity (Wildman–Crippen MR) is 77.0 cm³/mol. The molecule has 0 fully saturated rings. The van der Waals surface area contributed by atoms with Crippen LogP contribution in [0.25, 0.3) is 0 Å². The predicted octanol–water partition coefficient (Wildman–Crippen LogP) is 3.42. The van der Waals surface area contributed by atoms with Crippen molar-refractivity contribution in [3.05, 3.63) is 58.5 Å². The fourth-order valence-electron chi connectivity index (χ4n) is 2.00. The van der Waals surface area contributed by atoms with E-state index in [-0.39, 0.29) is 11.8 Å². The van der Waals surface area contributed by atoms with Crippen LogP contribution in [0.4, 0.5) is 0 Å². The van der Waals surface area contributed by atoms with Gasteiger partial charge < -0.3 is 14.5 Å². The van der Waals surface area contributed by atoms with Crippen LogP contribution in [-0.2, 0) is 4.74 Å². The summed E-state index contributed by atoms with van der Waals surface area (Å²) in [5.41, 5.74) is 0.904. The highest BCUT2D eigenvalue weighted by molar-refractivity contribution is 6.31. The summed E-state index contributed by atoms with van der Waals surface area (Å²) in [7, 11) is 1.32. The lowest BCUT2D eigenvalue weighted by molar-refractivity contribution is 0.0562. The Morgan fingerprint density at radius 3 is 2.75 bits per heavy atom. The number of hydrogen-bond acceptors (Lipinski definition) is 4. The van der Waals surface area contributed by atoms with Gasteiger partial charge >= 0.3 is 5.97 Å². The molecule has 1 aromatic carbocycles. The summed E-state index contributed by atoms with van der Waals surface area (Å²) < 4.78 is 10.2. The number of carbonyl (C=O) groups excluding carboxylic acids is 1. The number of furan rings is 1. The molecular weight excluding hydrogens is 278 g/mol. The molecule has 1 heterocycles. The first-order valence-corrected chi connectivity index (χ1v) is 6.71. The molecule has 0 saturated carbocycles. The molecule has 20 heavy (non-hydrogen) atoms. The summed E-state index contributed by atoms with van der Waals surface area (Å²) in [4.78, 5) is 11.4. The molecule has 0 aliphatic rings. The summed E-state index contributed by atoms with van der Waals surface area (Å²) in [5, 5.41) is 3.94. The normalized spacial score (nSPS) is 12.2. The molecule has 0 saturated heterocycles. The zero-order valence-corrected chi connectivity index (χ0v) is 12.1. The molecule has 1 aromatic heterocycles. The van der Waals surface area contributed by atoms with Crippen LogP contribution in [0.2, 0.25) is 5.02 Å². The van der Waals surface area contributed by atoms with Gasteiger partial charge in [-0.15, -0.1) is 0 Å². The number of nitrogens with one attached hydrogen (secondary N) is 1. The Labute approximate surface area is 122 Å². The topological polar surface area (TPSA) is 51.5 Å². The van der Waals surface area contributed by atoms with E-state index in [4.69, 9.17) is 16.0 Å². The molecule has 5 heteroatoms. The number of halogens is 1. The van der Waals surface area contributed by atoms with Crippen LogP contribution in [0.1, 0.15) is 34.8 Å². The lowest BCUT2D eigenvalue weighted by Gasteiger charge is -2.17. The zero-order chi connectivity index (χ0) is 14.5. The molecule has 0 amide bonds. The van der Waals surface area contributed by atoms with Crippen molar-refractivity contribution < 1.29 is 13.9 Å². The molecule has 106 valence electrons. The molecule has 0 aliphatic heterocycles. The maximum atomic E-state index is 11.4. The van der Waals surface area contributed by atoms with Crippen molar-refractivity contribution in [2.24, 2.45) is 0 Å². The highest BCUT2D eigenvalue weighted by Crippen LogP contribution is 2.29. The van der Waals surface area contributed by atoms with Crippen molar-refractivity contribution in [1.29, 1.82) is 0 Å². The Balaban J connectivity index is 2.36. The van der Waals surface area contributed by atoms with Crippen LogP contribution < -0.4 is 5.32 Å². The van der Waals surface area contributed by atoms with Gasteiger partial charge in [-0.25, -0.2) is 4.79 Å². The second-order valence-electron chi connectivity index (χ2n) is 4.21. The molecule has 2 rings (SSSR count). The lowest BCUT2D eigenvalue weighted by atomic mass is 10.0. The Morgan fingerprint density at radius 1 is 1.35 bits per heavy atom. The van der Waals surface area contributed by atoms with Crippen LogP contribution in [0.3, 0.4) is 0 Å². The Hall–Kier alpha value is -1.78. The highest BCUT2D eigenvalue weighted by Gasteiger charge is 2.21. The third kappa shape index (κ3) is 3.03. The quantitative estimate of drug-likeness (QED) is 0.858. The summed E-state index contributed by atoms with van der Waals surface area (Å²) in [5.74, 6) is 0.309. The van der Waals surface area contributed by atoms with E-state index in [1.165, 1.54) is 7.11 Å². The first kappa shape index (κ1) is 14.6.